The summed E-state index contributed by atoms with van der Waals surface area (Å²) in [5.74, 6) is 0.636. The minimum Gasteiger partial charge on any atom is -0.263 e. The number of hydrogen-bond acceptors (Lipinski definition) is 3. The summed E-state index contributed by atoms with van der Waals surface area (Å²) in [6.45, 7) is 2.06. The highest BCUT2D eigenvalue weighted by molar-refractivity contribution is 14.1. The van der Waals surface area contributed by atoms with Crippen molar-refractivity contribution in [3.63, 3.8) is 0 Å². The van der Waals surface area contributed by atoms with E-state index in [0.717, 1.165) is 32.0 Å². The first-order valence-electron chi connectivity index (χ1n) is 6.25. The fourth-order valence-electron chi connectivity index (χ4n) is 2.11. The van der Waals surface area contributed by atoms with Gasteiger partial charge < -0.3 is 0 Å². The van der Waals surface area contributed by atoms with Crippen molar-refractivity contribution in [2.24, 2.45) is 0 Å². The van der Waals surface area contributed by atoms with Gasteiger partial charge >= 0.3 is 0 Å². The lowest BCUT2D eigenvalue weighted by Crippen LogP contribution is -2.00. The first-order valence-corrected chi connectivity index (χ1v) is 7.71. The van der Waals surface area contributed by atoms with Crippen molar-refractivity contribution in [2.75, 3.05) is 0 Å². The molecule has 0 atom stereocenters. The van der Waals surface area contributed by atoms with E-state index in [9.17, 15) is 0 Å². The van der Waals surface area contributed by atoms with Crippen LogP contribution < -0.4 is 0 Å². The van der Waals surface area contributed by atoms with Crippen LogP contribution in [0.1, 0.15) is 12.6 Å². The average molecular weight is 396 g/mol. The van der Waals surface area contributed by atoms with Crippen LogP contribution in [0.5, 0.6) is 0 Å². The molecule has 3 nitrogen and oxygen atoms in total. The molecule has 2 heterocycles. The Bertz CT molecular complexity index is 784. The molecule has 0 aliphatic heterocycles. The Hall–Kier alpha value is -1.27. The number of aryl methyl sites for hydroxylation is 1. The number of benzene rings is 1. The normalized spacial score (nSPS) is 10.9. The number of rotatable bonds is 2. The Morgan fingerprint density at radius 2 is 1.95 bits per heavy atom. The predicted molar refractivity (Wildman–Crippen MR) is 89.9 cm³/mol. The van der Waals surface area contributed by atoms with Crippen molar-refractivity contribution < 1.29 is 0 Å². The summed E-state index contributed by atoms with van der Waals surface area (Å²) in [4.78, 5) is 13.3. The molecule has 0 N–H and O–H groups in total. The summed E-state index contributed by atoms with van der Waals surface area (Å²) < 4.78 is 0.920. The molecule has 3 rings (SSSR count). The Labute approximate surface area is 135 Å². The van der Waals surface area contributed by atoms with E-state index in [4.69, 9.17) is 11.6 Å². The van der Waals surface area contributed by atoms with Crippen LogP contribution in [0.15, 0.2) is 36.7 Å². The number of fused-ring (bicyclic) bond motifs is 1. The quantitative estimate of drug-likeness (QED) is 0.473. The maximum Gasteiger partial charge on any atom is 0.163 e. The molecule has 0 radical (unpaired) electrons. The number of pyridine rings is 1. The Morgan fingerprint density at radius 1 is 1.15 bits per heavy atom. The molecule has 100 valence electrons. The zero-order valence-electron chi connectivity index (χ0n) is 10.8. The van der Waals surface area contributed by atoms with Crippen molar-refractivity contribution in [2.45, 2.75) is 13.3 Å². The molecular formula is C15H11ClIN3. The van der Waals surface area contributed by atoms with Crippen molar-refractivity contribution in [1.29, 1.82) is 0 Å². The largest absolute Gasteiger partial charge is 0.263 e. The topological polar surface area (TPSA) is 38.7 Å². The van der Waals surface area contributed by atoms with Crippen LogP contribution in [0, 0.1) is 3.57 Å². The molecule has 0 bridgehead atoms. The van der Waals surface area contributed by atoms with E-state index in [1.54, 1.807) is 6.20 Å². The van der Waals surface area contributed by atoms with Gasteiger partial charge in [-0.1, -0.05) is 42.8 Å². The van der Waals surface area contributed by atoms with Crippen LogP contribution in [0.4, 0.5) is 0 Å². The zero-order chi connectivity index (χ0) is 14.1. The molecule has 20 heavy (non-hydrogen) atoms. The van der Waals surface area contributed by atoms with E-state index in [1.807, 2.05) is 30.5 Å². The molecule has 0 fully saturated rings. The predicted octanol–water partition coefficient (Wildman–Crippen LogP) is 4.51. The number of hydrogen-bond donors (Lipinski definition) is 0. The molecule has 0 saturated carbocycles. The molecule has 1 aromatic carbocycles. The van der Waals surface area contributed by atoms with Gasteiger partial charge in [-0.15, -0.1) is 0 Å². The van der Waals surface area contributed by atoms with Crippen LogP contribution in [0.25, 0.3) is 22.2 Å². The minimum absolute atomic E-state index is 0.500. The molecular weight excluding hydrogens is 385 g/mol. The fraction of sp³-hybridized carbons (Fsp3) is 0.133. The standard InChI is InChI=1S/C15H11ClIN3/c1-2-12-13(17)14(16)20-15(19-12)11-8-18-7-9-5-3-4-6-10(9)11/h3-8H,2H2,1H3. The fourth-order valence-corrected chi connectivity index (χ4v) is 2.92. The second-order valence-corrected chi connectivity index (χ2v) is 5.80. The summed E-state index contributed by atoms with van der Waals surface area (Å²) in [6.07, 6.45) is 4.46. The van der Waals surface area contributed by atoms with E-state index in [2.05, 4.69) is 44.5 Å². The monoisotopic (exact) mass is 395 g/mol. The molecule has 0 unspecified atom stereocenters. The second-order valence-electron chi connectivity index (χ2n) is 4.36. The lowest BCUT2D eigenvalue weighted by Gasteiger charge is -2.08. The number of aromatic nitrogens is 3. The average Bonchev–Trinajstić information content (AvgIpc) is 2.49. The SMILES string of the molecule is CCc1nc(-c2cncc3ccccc23)nc(Cl)c1I. The number of nitrogens with zero attached hydrogens (tertiary/aromatic N) is 3. The van der Waals surface area contributed by atoms with Crippen LogP contribution in [-0.2, 0) is 6.42 Å². The third-order valence-corrected chi connectivity index (χ3v) is 4.85. The lowest BCUT2D eigenvalue weighted by atomic mass is 10.1. The van der Waals surface area contributed by atoms with Gasteiger partial charge in [0.25, 0.3) is 0 Å². The highest BCUT2D eigenvalue weighted by Crippen LogP contribution is 2.28. The van der Waals surface area contributed by atoms with Gasteiger partial charge in [0.2, 0.25) is 0 Å². The second kappa shape index (κ2) is 5.61. The van der Waals surface area contributed by atoms with Gasteiger partial charge in [0.05, 0.1) is 9.26 Å². The Balaban J connectivity index is 2.28. The Kier molecular flexibility index (Phi) is 3.85. The molecule has 3 aromatic rings. The lowest BCUT2D eigenvalue weighted by molar-refractivity contribution is 0.989. The van der Waals surface area contributed by atoms with Crippen LogP contribution in [0.2, 0.25) is 5.15 Å². The van der Waals surface area contributed by atoms with E-state index in [-0.39, 0.29) is 0 Å². The van der Waals surface area contributed by atoms with Gasteiger partial charge in [-0.05, 0) is 34.4 Å². The molecule has 5 heteroatoms. The van der Waals surface area contributed by atoms with E-state index >= 15 is 0 Å². The molecule has 0 saturated heterocycles. The highest BCUT2D eigenvalue weighted by atomic mass is 127. The molecule has 2 aromatic heterocycles. The Morgan fingerprint density at radius 3 is 2.75 bits per heavy atom. The van der Waals surface area contributed by atoms with Crippen molar-refractivity contribution in [1.82, 2.24) is 15.0 Å². The molecule has 0 aliphatic rings. The number of halogens is 2. The van der Waals surface area contributed by atoms with Crippen LogP contribution in [0.3, 0.4) is 0 Å². The summed E-state index contributed by atoms with van der Waals surface area (Å²) in [5.41, 5.74) is 1.88. The van der Waals surface area contributed by atoms with E-state index in [0.29, 0.717) is 11.0 Å². The summed E-state index contributed by atoms with van der Waals surface area (Å²) >= 11 is 8.41. The van der Waals surface area contributed by atoms with Crippen molar-refractivity contribution >= 4 is 45.0 Å². The molecule has 0 aliphatic carbocycles. The van der Waals surface area contributed by atoms with Gasteiger partial charge in [-0.3, -0.25) is 4.98 Å². The first-order chi connectivity index (χ1) is 9.70. The highest BCUT2D eigenvalue weighted by Gasteiger charge is 2.13. The molecule has 0 spiro atoms. The van der Waals surface area contributed by atoms with Gasteiger partial charge in [-0.25, -0.2) is 9.97 Å². The first kappa shape index (κ1) is 13.7. The summed E-state index contributed by atoms with van der Waals surface area (Å²) in [5, 5.41) is 2.66. The van der Waals surface area contributed by atoms with Gasteiger partial charge in [0.1, 0.15) is 5.15 Å². The van der Waals surface area contributed by atoms with Gasteiger partial charge in [0, 0.05) is 23.3 Å². The maximum atomic E-state index is 6.22. The minimum atomic E-state index is 0.500. The maximum absolute atomic E-state index is 6.22. The zero-order valence-corrected chi connectivity index (χ0v) is 13.7. The third kappa shape index (κ3) is 2.38. The molecule has 0 amide bonds. The van der Waals surface area contributed by atoms with Crippen LogP contribution in [-0.4, -0.2) is 15.0 Å². The van der Waals surface area contributed by atoms with Crippen molar-refractivity contribution in [3.05, 3.63) is 51.1 Å². The van der Waals surface area contributed by atoms with Crippen molar-refractivity contribution in [3.8, 4) is 11.4 Å². The smallest absolute Gasteiger partial charge is 0.163 e. The van der Waals surface area contributed by atoms with Gasteiger partial charge in [0.15, 0.2) is 5.82 Å². The van der Waals surface area contributed by atoms with Crippen LogP contribution >= 0.6 is 34.2 Å². The summed E-state index contributed by atoms with van der Waals surface area (Å²) in [6, 6.07) is 8.07. The third-order valence-electron chi connectivity index (χ3n) is 3.12. The van der Waals surface area contributed by atoms with E-state index in [1.165, 1.54) is 0 Å². The van der Waals surface area contributed by atoms with E-state index < -0.39 is 0 Å². The van der Waals surface area contributed by atoms with Gasteiger partial charge in [-0.2, -0.15) is 0 Å². The summed E-state index contributed by atoms with van der Waals surface area (Å²) in [7, 11) is 0.